The van der Waals surface area contributed by atoms with Crippen molar-refractivity contribution in [3.05, 3.63) is 47.7 Å². The van der Waals surface area contributed by atoms with Crippen LogP contribution in [0.5, 0.6) is 17.4 Å². The Labute approximate surface area is 157 Å². The van der Waals surface area contributed by atoms with Crippen LogP contribution < -0.4 is 19.5 Å². The van der Waals surface area contributed by atoms with Gasteiger partial charge >= 0.3 is 0 Å². The van der Waals surface area contributed by atoms with Gasteiger partial charge in [-0.3, -0.25) is 9.59 Å². The van der Waals surface area contributed by atoms with E-state index in [9.17, 15) is 9.59 Å². The number of rotatable bonds is 8. The fraction of sp³-hybridized carbons (Fsp3) is 0.350. The summed E-state index contributed by atoms with van der Waals surface area (Å²) in [5.74, 6) is 1.40. The molecular weight excluding hydrogens is 348 g/mol. The number of fused-ring (bicyclic) bond motifs is 1. The maximum Gasteiger partial charge on any atom is 0.220 e. The van der Waals surface area contributed by atoms with E-state index in [0.717, 1.165) is 5.56 Å². The SMILES string of the molecule is CCOc1ncccc1CNC(=O)CCC(=O)c1ccc2c(c1)OCCO2. The van der Waals surface area contributed by atoms with Crippen molar-refractivity contribution in [3.63, 3.8) is 0 Å². The van der Waals surface area contributed by atoms with Crippen LogP contribution in [0.4, 0.5) is 0 Å². The Bertz CT molecular complexity index is 822. The molecule has 1 aromatic heterocycles. The van der Waals surface area contributed by atoms with E-state index < -0.39 is 0 Å². The molecule has 2 heterocycles. The van der Waals surface area contributed by atoms with E-state index in [2.05, 4.69) is 10.3 Å². The number of Topliss-reactive ketones (excluding diaryl/α,β-unsaturated/α-hetero) is 1. The van der Waals surface area contributed by atoms with E-state index >= 15 is 0 Å². The molecule has 0 fully saturated rings. The summed E-state index contributed by atoms with van der Waals surface area (Å²) < 4.78 is 16.4. The Balaban J connectivity index is 1.50. The van der Waals surface area contributed by atoms with E-state index in [0.29, 0.717) is 49.3 Å². The number of hydrogen-bond donors (Lipinski definition) is 1. The normalized spacial score (nSPS) is 12.3. The number of ketones is 1. The minimum Gasteiger partial charge on any atom is -0.486 e. The maximum atomic E-state index is 12.3. The molecule has 1 aliphatic heterocycles. The fourth-order valence-electron chi connectivity index (χ4n) is 2.70. The van der Waals surface area contributed by atoms with Crippen LogP contribution in [-0.2, 0) is 11.3 Å². The molecule has 0 atom stereocenters. The molecule has 142 valence electrons. The molecule has 1 aliphatic rings. The standard InChI is InChI=1S/C20H22N2O5/c1-2-25-20-15(4-3-9-21-20)13-22-19(24)8-6-16(23)14-5-7-17-18(12-14)27-11-10-26-17/h3-5,7,9,12H,2,6,8,10-11,13H2,1H3,(H,22,24). The van der Waals surface area contributed by atoms with Crippen molar-refractivity contribution < 1.29 is 23.8 Å². The molecule has 0 radical (unpaired) electrons. The first kappa shape index (κ1) is 18.7. The molecule has 7 heteroatoms. The lowest BCUT2D eigenvalue weighted by atomic mass is 10.1. The molecule has 1 aromatic carbocycles. The number of nitrogens with one attached hydrogen (secondary N) is 1. The quantitative estimate of drug-likeness (QED) is 0.719. The second kappa shape index (κ2) is 9.02. The van der Waals surface area contributed by atoms with E-state index in [1.807, 2.05) is 13.0 Å². The highest BCUT2D eigenvalue weighted by Gasteiger charge is 2.16. The highest BCUT2D eigenvalue weighted by Crippen LogP contribution is 2.31. The van der Waals surface area contributed by atoms with Crippen LogP contribution in [0.2, 0.25) is 0 Å². The van der Waals surface area contributed by atoms with E-state index in [4.69, 9.17) is 14.2 Å². The van der Waals surface area contributed by atoms with Gasteiger partial charge in [-0.05, 0) is 31.2 Å². The van der Waals surface area contributed by atoms with Gasteiger partial charge in [0.05, 0.1) is 6.61 Å². The summed E-state index contributed by atoms with van der Waals surface area (Å²) >= 11 is 0. The number of carbonyl (C=O) groups excluding carboxylic acids is 2. The number of ether oxygens (including phenoxy) is 3. The molecule has 0 bridgehead atoms. The number of benzene rings is 1. The molecule has 2 aromatic rings. The van der Waals surface area contributed by atoms with Crippen LogP contribution in [-0.4, -0.2) is 36.5 Å². The van der Waals surface area contributed by atoms with Crippen molar-refractivity contribution in [3.8, 4) is 17.4 Å². The van der Waals surface area contributed by atoms with Gasteiger partial charge in [-0.2, -0.15) is 0 Å². The van der Waals surface area contributed by atoms with Crippen LogP contribution in [0.25, 0.3) is 0 Å². The third kappa shape index (κ3) is 4.97. The maximum absolute atomic E-state index is 12.3. The van der Waals surface area contributed by atoms with Gasteiger partial charge in [0.2, 0.25) is 11.8 Å². The van der Waals surface area contributed by atoms with Crippen molar-refractivity contribution in [2.75, 3.05) is 19.8 Å². The van der Waals surface area contributed by atoms with E-state index in [1.165, 1.54) is 0 Å². The molecule has 27 heavy (non-hydrogen) atoms. The summed E-state index contributed by atoms with van der Waals surface area (Å²) in [5.41, 5.74) is 1.31. The van der Waals surface area contributed by atoms with Crippen molar-refractivity contribution in [2.24, 2.45) is 0 Å². The van der Waals surface area contributed by atoms with Crippen molar-refractivity contribution >= 4 is 11.7 Å². The van der Waals surface area contributed by atoms with Crippen LogP contribution >= 0.6 is 0 Å². The zero-order valence-corrected chi connectivity index (χ0v) is 15.2. The van der Waals surface area contributed by atoms with Crippen LogP contribution in [0.1, 0.15) is 35.7 Å². The monoisotopic (exact) mass is 370 g/mol. The molecule has 1 N–H and O–H groups in total. The third-order valence-corrected chi connectivity index (χ3v) is 4.05. The molecule has 3 rings (SSSR count). The van der Waals surface area contributed by atoms with Gasteiger partial charge in [0.1, 0.15) is 13.2 Å². The Kier molecular flexibility index (Phi) is 6.25. The smallest absolute Gasteiger partial charge is 0.220 e. The van der Waals surface area contributed by atoms with Gasteiger partial charge in [-0.25, -0.2) is 4.98 Å². The molecule has 7 nitrogen and oxygen atoms in total. The Morgan fingerprint density at radius 2 is 1.96 bits per heavy atom. The number of hydrogen-bond acceptors (Lipinski definition) is 6. The van der Waals surface area contributed by atoms with Crippen molar-refractivity contribution in [2.45, 2.75) is 26.3 Å². The van der Waals surface area contributed by atoms with Gasteiger partial charge in [-0.1, -0.05) is 6.07 Å². The second-order valence-corrected chi connectivity index (χ2v) is 5.96. The number of pyridine rings is 1. The Morgan fingerprint density at radius 1 is 1.15 bits per heavy atom. The Hall–Kier alpha value is -3.09. The third-order valence-electron chi connectivity index (χ3n) is 4.05. The second-order valence-electron chi connectivity index (χ2n) is 5.96. The highest BCUT2D eigenvalue weighted by atomic mass is 16.6. The minimum atomic E-state index is -0.202. The lowest BCUT2D eigenvalue weighted by molar-refractivity contribution is -0.121. The average Bonchev–Trinajstić information content (AvgIpc) is 2.71. The summed E-state index contributed by atoms with van der Waals surface area (Å²) in [6, 6.07) is 8.71. The molecule has 0 spiro atoms. The summed E-state index contributed by atoms with van der Waals surface area (Å²) in [7, 11) is 0. The summed E-state index contributed by atoms with van der Waals surface area (Å²) in [6.45, 7) is 3.65. The van der Waals surface area contributed by atoms with E-state index in [-0.39, 0.29) is 24.5 Å². The predicted molar refractivity (Wildman–Crippen MR) is 98.2 cm³/mol. The fourth-order valence-corrected chi connectivity index (χ4v) is 2.70. The first-order valence-corrected chi connectivity index (χ1v) is 8.93. The molecule has 0 aliphatic carbocycles. The Morgan fingerprint density at radius 3 is 2.78 bits per heavy atom. The highest BCUT2D eigenvalue weighted by molar-refractivity contribution is 5.98. The average molecular weight is 370 g/mol. The van der Waals surface area contributed by atoms with Gasteiger partial charge in [0, 0.05) is 36.7 Å². The molecule has 1 amide bonds. The summed E-state index contributed by atoms with van der Waals surface area (Å²) in [6.07, 6.45) is 1.87. The molecule has 0 saturated carbocycles. The van der Waals surface area contributed by atoms with Crippen LogP contribution in [0, 0.1) is 0 Å². The van der Waals surface area contributed by atoms with Crippen LogP contribution in [0.15, 0.2) is 36.5 Å². The summed E-state index contributed by atoms with van der Waals surface area (Å²) in [5, 5.41) is 2.80. The number of carbonyl (C=O) groups is 2. The number of nitrogens with zero attached hydrogens (tertiary/aromatic N) is 1. The first-order chi connectivity index (χ1) is 13.2. The topological polar surface area (TPSA) is 86.8 Å². The van der Waals surface area contributed by atoms with E-state index in [1.54, 1.807) is 30.5 Å². The molecular formula is C20H22N2O5. The summed E-state index contributed by atoms with van der Waals surface area (Å²) in [4.78, 5) is 28.6. The zero-order chi connectivity index (χ0) is 19.1. The van der Waals surface area contributed by atoms with Gasteiger partial charge < -0.3 is 19.5 Å². The van der Waals surface area contributed by atoms with Crippen molar-refractivity contribution in [1.29, 1.82) is 0 Å². The first-order valence-electron chi connectivity index (χ1n) is 8.93. The minimum absolute atomic E-state index is 0.109. The molecule has 0 unspecified atom stereocenters. The number of aromatic nitrogens is 1. The van der Waals surface area contributed by atoms with Crippen LogP contribution in [0.3, 0.4) is 0 Å². The lowest BCUT2D eigenvalue weighted by Gasteiger charge is -2.18. The van der Waals surface area contributed by atoms with Gasteiger partial charge in [0.25, 0.3) is 0 Å². The largest absolute Gasteiger partial charge is 0.486 e. The lowest BCUT2D eigenvalue weighted by Crippen LogP contribution is -2.23. The predicted octanol–water partition coefficient (Wildman–Crippen LogP) is 2.53. The molecule has 0 saturated heterocycles. The van der Waals surface area contributed by atoms with Gasteiger partial charge in [-0.15, -0.1) is 0 Å². The van der Waals surface area contributed by atoms with Crippen molar-refractivity contribution in [1.82, 2.24) is 10.3 Å². The van der Waals surface area contributed by atoms with Gasteiger partial charge in [0.15, 0.2) is 17.3 Å². The zero-order valence-electron chi connectivity index (χ0n) is 15.2. The number of amides is 1.